The number of hydrogen-bond donors (Lipinski definition) is 2. The summed E-state index contributed by atoms with van der Waals surface area (Å²) in [5.74, 6) is 1.44. The molecule has 0 aliphatic rings. The van der Waals surface area contributed by atoms with Gasteiger partial charge in [-0.2, -0.15) is 0 Å². The lowest BCUT2D eigenvalue weighted by molar-refractivity contribution is 0.0585. The zero-order valence-electron chi connectivity index (χ0n) is 10.4. The van der Waals surface area contributed by atoms with Crippen molar-refractivity contribution >= 4 is 5.82 Å². The van der Waals surface area contributed by atoms with E-state index >= 15 is 0 Å². The largest absolute Gasteiger partial charge is 0.388 e. The third-order valence-corrected chi connectivity index (χ3v) is 2.58. The first-order valence-corrected chi connectivity index (χ1v) is 5.87. The van der Waals surface area contributed by atoms with Crippen LogP contribution in [0.3, 0.4) is 0 Å². The predicted molar refractivity (Wildman–Crippen MR) is 67.4 cm³/mol. The van der Waals surface area contributed by atoms with Crippen LogP contribution in [0, 0.1) is 5.92 Å². The Morgan fingerprint density at radius 2 is 2.19 bits per heavy atom. The second-order valence-corrected chi connectivity index (χ2v) is 5.00. The van der Waals surface area contributed by atoms with Gasteiger partial charge in [-0.1, -0.05) is 19.9 Å². The summed E-state index contributed by atoms with van der Waals surface area (Å²) in [5.41, 5.74) is -0.665. The first-order chi connectivity index (χ1) is 7.49. The average Bonchev–Trinajstić information content (AvgIpc) is 2.26. The number of nitrogens with one attached hydrogen (secondary N) is 1. The van der Waals surface area contributed by atoms with Crippen LogP contribution in [-0.2, 0) is 0 Å². The summed E-state index contributed by atoms with van der Waals surface area (Å²) in [4.78, 5) is 4.15. The molecule has 1 heterocycles. The Morgan fingerprint density at radius 3 is 2.75 bits per heavy atom. The van der Waals surface area contributed by atoms with E-state index in [1.165, 1.54) is 0 Å². The van der Waals surface area contributed by atoms with Gasteiger partial charge >= 0.3 is 0 Å². The lowest BCUT2D eigenvalue weighted by Gasteiger charge is -2.24. The smallest absolute Gasteiger partial charge is 0.125 e. The Labute approximate surface area is 97.9 Å². The van der Waals surface area contributed by atoms with Crippen LogP contribution in [0.1, 0.15) is 33.6 Å². The van der Waals surface area contributed by atoms with Gasteiger partial charge in [0.2, 0.25) is 0 Å². The molecule has 0 radical (unpaired) electrons. The third kappa shape index (κ3) is 5.12. The molecule has 1 atom stereocenters. The Kier molecular flexibility index (Phi) is 4.74. The number of anilines is 1. The molecule has 0 aliphatic carbocycles. The molecule has 0 aliphatic heterocycles. The minimum atomic E-state index is -0.665. The van der Waals surface area contributed by atoms with Gasteiger partial charge in [0.15, 0.2) is 0 Å². The van der Waals surface area contributed by atoms with Gasteiger partial charge in [-0.3, -0.25) is 0 Å². The SMILES string of the molecule is CC(C)CCC(C)(O)CNc1ccccn1. The maximum Gasteiger partial charge on any atom is 0.125 e. The molecule has 0 aromatic carbocycles. The van der Waals surface area contributed by atoms with E-state index in [-0.39, 0.29) is 0 Å². The first-order valence-electron chi connectivity index (χ1n) is 5.87. The van der Waals surface area contributed by atoms with Crippen molar-refractivity contribution in [2.75, 3.05) is 11.9 Å². The Hall–Kier alpha value is -1.09. The maximum atomic E-state index is 10.1. The number of aromatic nitrogens is 1. The van der Waals surface area contributed by atoms with Gasteiger partial charge in [0.1, 0.15) is 5.82 Å². The molecule has 16 heavy (non-hydrogen) atoms. The molecule has 1 unspecified atom stereocenters. The van der Waals surface area contributed by atoms with E-state index in [2.05, 4.69) is 24.1 Å². The van der Waals surface area contributed by atoms with E-state index in [1.807, 2.05) is 25.1 Å². The van der Waals surface area contributed by atoms with Crippen molar-refractivity contribution in [3.63, 3.8) is 0 Å². The zero-order valence-corrected chi connectivity index (χ0v) is 10.4. The molecular formula is C13H22N2O. The molecule has 0 fully saturated rings. The molecule has 1 aromatic heterocycles. The average molecular weight is 222 g/mol. The highest BCUT2D eigenvalue weighted by molar-refractivity contribution is 5.33. The van der Waals surface area contributed by atoms with Crippen LogP contribution in [-0.4, -0.2) is 22.2 Å². The first kappa shape index (κ1) is 13.0. The molecule has 1 aromatic rings. The van der Waals surface area contributed by atoms with Gasteiger partial charge in [-0.25, -0.2) is 4.98 Å². The molecule has 0 spiro atoms. The van der Waals surface area contributed by atoms with E-state index in [4.69, 9.17) is 0 Å². The minimum absolute atomic E-state index is 0.538. The highest BCUT2D eigenvalue weighted by Gasteiger charge is 2.20. The number of aliphatic hydroxyl groups is 1. The third-order valence-electron chi connectivity index (χ3n) is 2.58. The van der Waals surface area contributed by atoms with Crippen molar-refractivity contribution in [3.8, 4) is 0 Å². The standard InChI is InChI=1S/C13H22N2O/c1-11(2)7-8-13(3,16)10-15-12-6-4-5-9-14-12/h4-6,9,11,16H,7-8,10H2,1-3H3,(H,14,15). The van der Waals surface area contributed by atoms with Crippen molar-refractivity contribution in [2.45, 2.75) is 39.2 Å². The summed E-state index contributed by atoms with van der Waals surface area (Å²) in [6.45, 7) is 6.74. The molecule has 2 N–H and O–H groups in total. The van der Waals surface area contributed by atoms with Crippen LogP contribution >= 0.6 is 0 Å². The van der Waals surface area contributed by atoms with E-state index in [0.29, 0.717) is 12.5 Å². The quantitative estimate of drug-likeness (QED) is 0.778. The van der Waals surface area contributed by atoms with Gasteiger partial charge in [0, 0.05) is 12.7 Å². The lowest BCUT2D eigenvalue weighted by Crippen LogP contribution is -2.33. The number of hydrogen-bond acceptors (Lipinski definition) is 3. The second-order valence-electron chi connectivity index (χ2n) is 5.00. The molecule has 0 saturated heterocycles. The highest BCUT2D eigenvalue weighted by atomic mass is 16.3. The van der Waals surface area contributed by atoms with Gasteiger partial charge in [-0.15, -0.1) is 0 Å². The summed E-state index contributed by atoms with van der Waals surface area (Å²) in [5, 5.41) is 13.3. The summed E-state index contributed by atoms with van der Waals surface area (Å²) in [6.07, 6.45) is 3.59. The van der Waals surface area contributed by atoms with Crippen LogP contribution in [0.4, 0.5) is 5.82 Å². The monoisotopic (exact) mass is 222 g/mol. The van der Waals surface area contributed by atoms with Gasteiger partial charge < -0.3 is 10.4 Å². The topological polar surface area (TPSA) is 45.1 Å². The van der Waals surface area contributed by atoms with Gasteiger partial charge in [0.05, 0.1) is 5.60 Å². The maximum absolute atomic E-state index is 10.1. The molecule has 0 amide bonds. The molecule has 1 rings (SSSR count). The summed E-state index contributed by atoms with van der Waals surface area (Å²) >= 11 is 0. The fourth-order valence-electron chi connectivity index (χ4n) is 1.44. The van der Waals surface area contributed by atoms with Crippen molar-refractivity contribution in [2.24, 2.45) is 5.92 Å². The van der Waals surface area contributed by atoms with Crippen molar-refractivity contribution < 1.29 is 5.11 Å². The summed E-state index contributed by atoms with van der Waals surface area (Å²) in [7, 11) is 0. The fraction of sp³-hybridized carbons (Fsp3) is 0.615. The van der Waals surface area contributed by atoms with E-state index < -0.39 is 5.60 Å². The molecule has 90 valence electrons. The zero-order chi connectivity index (χ0) is 12.0. The molecule has 0 saturated carbocycles. The minimum Gasteiger partial charge on any atom is -0.388 e. The van der Waals surface area contributed by atoms with Crippen molar-refractivity contribution in [1.82, 2.24) is 4.98 Å². The Morgan fingerprint density at radius 1 is 1.44 bits per heavy atom. The van der Waals surface area contributed by atoms with E-state index in [9.17, 15) is 5.11 Å². The van der Waals surface area contributed by atoms with Crippen LogP contribution < -0.4 is 5.32 Å². The van der Waals surface area contributed by atoms with Crippen LogP contribution in [0.2, 0.25) is 0 Å². The van der Waals surface area contributed by atoms with E-state index in [1.54, 1.807) is 6.20 Å². The second kappa shape index (κ2) is 5.85. The summed E-state index contributed by atoms with van der Waals surface area (Å²) in [6, 6.07) is 5.71. The van der Waals surface area contributed by atoms with Gasteiger partial charge in [0.25, 0.3) is 0 Å². The Bertz CT molecular complexity index is 296. The molecule has 3 nitrogen and oxygen atoms in total. The number of nitrogens with zero attached hydrogens (tertiary/aromatic N) is 1. The van der Waals surface area contributed by atoms with Crippen LogP contribution in [0.15, 0.2) is 24.4 Å². The normalized spacial score (nSPS) is 14.8. The molecular weight excluding hydrogens is 200 g/mol. The van der Waals surface area contributed by atoms with Gasteiger partial charge in [-0.05, 0) is 37.8 Å². The fourth-order valence-corrected chi connectivity index (χ4v) is 1.44. The molecule has 0 bridgehead atoms. The van der Waals surface area contributed by atoms with Crippen molar-refractivity contribution in [3.05, 3.63) is 24.4 Å². The van der Waals surface area contributed by atoms with E-state index in [0.717, 1.165) is 18.7 Å². The number of pyridine rings is 1. The predicted octanol–water partition coefficient (Wildman–Crippen LogP) is 2.68. The van der Waals surface area contributed by atoms with Crippen LogP contribution in [0.25, 0.3) is 0 Å². The van der Waals surface area contributed by atoms with Crippen molar-refractivity contribution in [1.29, 1.82) is 0 Å². The lowest BCUT2D eigenvalue weighted by atomic mass is 9.95. The Balaban J connectivity index is 2.36. The van der Waals surface area contributed by atoms with Crippen LogP contribution in [0.5, 0.6) is 0 Å². The molecule has 3 heteroatoms. The summed E-state index contributed by atoms with van der Waals surface area (Å²) < 4.78 is 0. The highest BCUT2D eigenvalue weighted by Crippen LogP contribution is 2.16. The number of rotatable bonds is 6.